The van der Waals surface area contributed by atoms with Crippen LogP contribution in [-0.4, -0.2) is 34.5 Å². The molecule has 4 nitrogen and oxygen atoms in total. The molecular weight excluding hydrogens is 254 g/mol. The van der Waals surface area contributed by atoms with Crippen LogP contribution in [0.3, 0.4) is 0 Å². The molecule has 4 heteroatoms. The van der Waals surface area contributed by atoms with Crippen LogP contribution in [0.2, 0.25) is 0 Å². The van der Waals surface area contributed by atoms with Gasteiger partial charge in [-0.05, 0) is 18.8 Å². The molecule has 1 saturated heterocycles. The summed E-state index contributed by atoms with van der Waals surface area (Å²) in [7, 11) is 0. The number of aliphatic carboxylic acids is 1. The van der Waals surface area contributed by atoms with E-state index < -0.39 is 11.9 Å². The number of carboxylic acid groups (broad SMARTS) is 1. The number of likely N-dealkylation sites (tertiary alicyclic amines) is 1. The van der Waals surface area contributed by atoms with Gasteiger partial charge in [-0.3, -0.25) is 9.59 Å². The van der Waals surface area contributed by atoms with Crippen LogP contribution >= 0.6 is 0 Å². The van der Waals surface area contributed by atoms with Crippen molar-refractivity contribution in [3.05, 3.63) is 0 Å². The first kappa shape index (κ1) is 17.0. The SMILES string of the molecule is CCCCC(CC)CN1C(=O)CC(C(=O)O)C1CCC. The third-order valence-corrected chi connectivity index (χ3v) is 4.48. The summed E-state index contributed by atoms with van der Waals surface area (Å²) >= 11 is 0. The predicted molar refractivity (Wildman–Crippen MR) is 79.5 cm³/mol. The van der Waals surface area contributed by atoms with Gasteiger partial charge in [0.25, 0.3) is 0 Å². The molecule has 1 N–H and O–H groups in total. The summed E-state index contributed by atoms with van der Waals surface area (Å²) in [6.07, 6.45) is 6.44. The van der Waals surface area contributed by atoms with Crippen molar-refractivity contribution in [3.8, 4) is 0 Å². The average molecular weight is 283 g/mol. The lowest BCUT2D eigenvalue weighted by molar-refractivity contribution is -0.142. The molecule has 0 aromatic carbocycles. The van der Waals surface area contributed by atoms with Crippen LogP contribution in [0.25, 0.3) is 0 Å². The lowest BCUT2D eigenvalue weighted by atomic mass is 9.95. The minimum absolute atomic E-state index is 0.0331. The van der Waals surface area contributed by atoms with Gasteiger partial charge in [-0.15, -0.1) is 0 Å². The molecule has 0 spiro atoms. The fourth-order valence-corrected chi connectivity index (χ4v) is 3.18. The molecular formula is C16H29NO3. The maximum atomic E-state index is 12.2. The molecule has 0 aromatic rings. The third kappa shape index (κ3) is 4.22. The third-order valence-electron chi connectivity index (χ3n) is 4.48. The molecule has 1 aliphatic rings. The van der Waals surface area contributed by atoms with E-state index >= 15 is 0 Å². The van der Waals surface area contributed by atoms with Crippen LogP contribution in [0.5, 0.6) is 0 Å². The Kier molecular flexibility index (Phi) is 7.03. The van der Waals surface area contributed by atoms with E-state index in [1.807, 2.05) is 11.8 Å². The van der Waals surface area contributed by atoms with Crippen LogP contribution in [0, 0.1) is 11.8 Å². The molecule has 1 fully saturated rings. The molecule has 0 saturated carbocycles. The smallest absolute Gasteiger partial charge is 0.309 e. The summed E-state index contributed by atoms with van der Waals surface area (Å²) in [4.78, 5) is 25.4. The molecule has 0 aromatic heterocycles. The van der Waals surface area contributed by atoms with E-state index in [4.69, 9.17) is 0 Å². The Morgan fingerprint density at radius 3 is 2.55 bits per heavy atom. The van der Waals surface area contributed by atoms with Gasteiger partial charge in [0.15, 0.2) is 0 Å². The Bertz CT molecular complexity index is 330. The molecule has 1 aliphatic heterocycles. The van der Waals surface area contributed by atoms with E-state index in [0.717, 1.165) is 32.2 Å². The molecule has 3 atom stereocenters. The summed E-state index contributed by atoms with van der Waals surface area (Å²) in [5, 5.41) is 9.30. The standard InChI is InChI=1S/C16H29NO3/c1-4-7-9-12(6-3)11-17-14(8-5-2)13(16(19)20)10-15(17)18/h12-14H,4-11H2,1-3H3,(H,19,20). The van der Waals surface area contributed by atoms with Gasteiger partial charge in [-0.2, -0.15) is 0 Å². The molecule has 1 rings (SSSR count). The number of rotatable bonds is 9. The second kappa shape index (κ2) is 8.28. The second-order valence-electron chi connectivity index (χ2n) is 5.97. The number of nitrogens with zero attached hydrogens (tertiary/aromatic N) is 1. The van der Waals surface area contributed by atoms with Gasteiger partial charge in [-0.1, -0.05) is 46.5 Å². The molecule has 1 amide bonds. The molecule has 3 unspecified atom stereocenters. The zero-order chi connectivity index (χ0) is 15.1. The van der Waals surface area contributed by atoms with Crippen molar-refractivity contribution < 1.29 is 14.7 Å². The van der Waals surface area contributed by atoms with Crippen LogP contribution in [0.15, 0.2) is 0 Å². The highest BCUT2D eigenvalue weighted by molar-refractivity contribution is 5.87. The quantitative estimate of drug-likeness (QED) is 0.706. The van der Waals surface area contributed by atoms with E-state index in [-0.39, 0.29) is 18.4 Å². The first-order valence-electron chi connectivity index (χ1n) is 8.07. The zero-order valence-electron chi connectivity index (χ0n) is 13.1. The van der Waals surface area contributed by atoms with Crippen molar-refractivity contribution in [1.82, 2.24) is 4.90 Å². The van der Waals surface area contributed by atoms with E-state index in [0.29, 0.717) is 5.92 Å². The highest BCUT2D eigenvalue weighted by atomic mass is 16.4. The number of hydrogen-bond acceptors (Lipinski definition) is 2. The van der Waals surface area contributed by atoms with Gasteiger partial charge < -0.3 is 10.0 Å². The number of amides is 1. The monoisotopic (exact) mass is 283 g/mol. The van der Waals surface area contributed by atoms with Gasteiger partial charge in [0.2, 0.25) is 5.91 Å². The van der Waals surface area contributed by atoms with Crippen LogP contribution in [0.1, 0.15) is 65.7 Å². The Labute approximate surface area is 122 Å². The molecule has 0 bridgehead atoms. The Morgan fingerprint density at radius 1 is 1.35 bits per heavy atom. The van der Waals surface area contributed by atoms with E-state index in [1.54, 1.807) is 0 Å². The lowest BCUT2D eigenvalue weighted by Crippen LogP contribution is -2.40. The Balaban J connectivity index is 2.73. The van der Waals surface area contributed by atoms with E-state index in [1.165, 1.54) is 12.8 Å². The Hall–Kier alpha value is -1.06. The number of hydrogen-bond donors (Lipinski definition) is 1. The Morgan fingerprint density at radius 2 is 2.05 bits per heavy atom. The van der Waals surface area contributed by atoms with E-state index in [2.05, 4.69) is 13.8 Å². The van der Waals surface area contributed by atoms with Gasteiger partial charge in [0.05, 0.1) is 5.92 Å². The second-order valence-corrected chi connectivity index (χ2v) is 5.97. The van der Waals surface area contributed by atoms with Crippen molar-refractivity contribution in [2.45, 2.75) is 71.8 Å². The largest absolute Gasteiger partial charge is 0.481 e. The van der Waals surface area contributed by atoms with Crippen molar-refractivity contribution in [2.24, 2.45) is 11.8 Å². The topological polar surface area (TPSA) is 57.6 Å². The maximum absolute atomic E-state index is 12.2. The molecule has 0 aliphatic carbocycles. The van der Waals surface area contributed by atoms with Gasteiger partial charge in [-0.25, -0.2) is 0 Å². The summed E-state index contributed by atoms with van der Waals surface area (Å²) in [5.74, 6) is -0.788. The van der Waals surface area contributed by atoms with Crippen LogP contribution in [-0.2, 0) is 9.59 Å². The zero-order valence-corrected chi connectivity index (χ0v) is 13.1. The predicted octanol–water partition coefficient (Wildman–Crippen LogP) is 3.30. The number of carbonyl (C=O) groups excluding carboxylic acids is 1. The minimum Gasteiger partial charge on any atom is -0.481 e. The van der Waals surface area contributed by atoms with Crippen molar-refractivity contribution >= 4 is 11.9 Å². The number of unbranched alkanes of at least 4 members (excludes halogenated alkanes) is 1. The van der Waals surface area contributed by atoms with Crippen LogP contribution in [0.4, 0.5) is 0 Å². The summed E-state index contributed by atoms with van der Waals surface area (Å²) in [6, 6.07) is -0.0966. The minimum atomic E-state index is -0.819. The van der Waals surface area contributed by atoms with E-state index in [9.17, 15) is 14.7 Å². The fraction of sp³-hybridized carbons (Fsp3) is 0.875. The average Bonchev–Trinajstić information content (AvgIpc) is 2.72. The molecule has 0 radical (unpaired) electrons. The summed E-state index contributed by atoms with van der Waals surface area (Å²) in [6.45, 7) is 7.12. The van der Waals surface area contributed by atoms with Crippen molar-refractivity contribution in [3.63, 3.8) is 0 Å². The molecule has 116 valence electrons. The normalized spacial score (nSPS) is 24.1. The molecule has 1 heterocycles. The number of carboxylic acids is 1. The first-order chi connectivity index (χ1) is 9.54. The van der Waals surface area contributed by atoms with Crippen molar-refractivity contribution in [2.75, 3.05) is 6.54 Å². The summed E-state index contributed by atoms with van der Waals surface area (Å²) in [5.41, 5.74) is 0. The van der Waals surface area contributed by atoms with Gasteiger partial charge >= 0.3 is 5.97 Å². The maximum Gasteiger partial charge on any atom is 0.309 e. The summed E-state index contributed by atoms with van der Waals surface area (Å²) < 4.78 is 0. The highest BCUT2D eigenvalue weighted by Gasteiger charge is 2.43. The lowest BCUT2D eigenvalue weighted by Gasteiger charge is -2.30. The molecule has 20 heavy (non-hydrogen) atoms. The van der Waals surface area contributed by atoms with Crippen molar-refractivity contribution in [1.29, 1.82) is 0 Å². The highest BCUT2D eigenvalue weighted by Crippen LogP contribution is 2.31. The van der Waals surface area contributed by atoms with Gasteiger partial charge in [0, 0.05) is 19.0 Å². The first-order valence-corrected chi connectivity index (χ1v) is 8.07. The number of carbonyl (C=O) groups is 2. The fourth-order valence-electron chi connectivity index (χ4n) is 3.18. The van der Waals surface area contributed by atoms with Gasteiger partial charge in [0.1, 0.15) is 0 Å². The van der Waals surface area contributed by atoms with Crippen LogP contribution < -0.4 is 0 Å².